The SMILES string of the molecule is COc1cc(Nc2ncc(-c3ccccc3C(=O)ON(C)C)o2)ccc1-c1cnco1. The summed E-state index contributed by atoms with van der Waals surface area (Å²) in [4.78, 5) is 25.7. The van der Waals surface area contributed by atoms with Crippen molar-refractivity contribution in [2.45, 2.75) is 0 Å². The maximum absolute atomic E-state index is 12.4. The van der Waals surface area contributed by atoms with Crippen molar-refractivity contribution < 1.29 is 23.2 Å². The summed E-state index contributed by atoms with van der Waals surface area (Å²) in [6, 6.07) is 12.8. The fourth-order valence-electron chi connectivity index (χ4n) is 2.99. The predicted octanol–water partition coefficient (Wildman–Crippen LogP) is 4.38. The molecule has 0 saturated heterocycles. The van der Waals surface area contributed by atoms with Crippen LogP contribution in [0.5, 0.6) is 5.75 Å². The Hall–Kier alpha value is -4.11. The number of hydrogen-bond acceptors (Lipinski definition) is 9. The van der Waals surface area contributed by atoms with Crippen molar-refractivity contribution in [3.05, 3.63) is 66.8 Å². The summed E-state index contributed by atoms with van der Waals surface area (Å²) >= 11 is 0. The Bertz CT molecular complexity index is 1180. The Morgan fingerprint density at radius 1 is 1.06 bits per heavy atom. The first kappa shape index (κ1) is 20.2. The average molecular weight is 420 g/mol. The van der Waals surface area contributed by atoms with Gasteiger partial charge in [0.15, 0.2) is 17.9 Å². The van der Waals surface area contributed by atoms with Gasteiger partial charge in [-0.3, -0.25) is 0 Å². The molecular weight excluding hydrogens is 400 g/mol. The molecular formula is C22H20N4O5. The minimum atomic E-state index is -0.487. The molecule has 4 aromatic rings. The fraction of sp³-hybridized carbons (Fsp3) is 0.136. The molecule has 1 N–H and O–H groups in total. The highest BCUT2D eigenvalue weighted by Crippen LogP contribution is 2.34. The first-order valence-electron chi connectivity index (χ1n) is 9.34. The number of carbonyl (C=O) groups is 1. The summed E-state index contributed by atoms with van der Waals surface area (Å²) in [7, 11) is 4.85. The molecule has 4 rings (SSSR count). The summed E-state index contributed by atoms with van der Waals surface area (Å²) in [5.74, 6) is 1.15. The average Bonchev–Trinajstić information content (AvgIpc) is 3.45. The highest BCUT2D eigenvalue weighted by Gasteiger charge is 2.18. The molecule has 0 aliphatic rings. The number of anilines is 2. The van der Waals surface area contributed by atoms with Gasteiger partial charge < -0.3 is 23.7 Å². The monoisotopic (exact) mass is 420 g/mol. The number of methoxy groups -OCH3 is 1. The van der Waals surface area contributed by atoms with Crippen molar-refractivity contribution in [3.8, 4) is 28.4 Å². The molecule has 2 heterocycles. The van der Waals surface area contributed by atoms with Gasteiger partial charge in [0.25, 0.3) is 6.01 Å². The van der Waals surface area contributed by atoms with E-state index in [0.29, 0.717) is 34.1 Å². The molecule has 0 amide bonds. The van der Waals surface area contributed by atoms with Gasteiger partial charge in [0.05, 0.1) is 30.6 Å². The summed E-state index contributed by atoms with van der Waals surface area (Å²) < 4.78 is 16.6. The number of hydroxylamine groups is 2. The van der Waals surface area contributed by atoms with Gasteiger partial charge in [0, 0.05) is 31.4 Å². The van der Waals surface area contributed by atoms with Crippen LogP contribution in [0.15, 0.2) is 70.1 Å². The van der Waals surface area contributed by atoms with E-state index in [0.717, 1.165) is 5.56 Å². The Balaban J connectivity index is 1.58. The molecule has 0 bridgehead atoms. The Morgan fingerprint density at radius 3 is 2.65 bits per heavy atom. The highest BCUT2D eigenvalue weighted by atomic mass is 16.7. The number of oxazole rings is 2. The van der Waals surface area contributed by atoms with Crippen LogP contribution in [-0.2, 0) is 4.84 Å². The Kier molecular flexibility index (Phi) is 5.67. The topological polar surface area (TPSA) is 103 Å². The number of nitrogens with one attached hydrogen (secondary N) is 1. The molecule has 0 atom stereocenters. The largest absolute Gasteiger partial charge is 0.496 e. The molecule has 0 fully saturated rings. The number of rotatable bonds is 7. The first-order chi connectivity index (χ1) is 15.0. The van der Waals surface area contributed by atoms with Gasteiger partial charge in [0.2, 0.25) is 0 Å². The van der Waals surface area contributed by atoms with E-state index >= 15 is 0 Å². The number of ether oxygens (including phenoxy) is 1. The van der Waals surface area contributed by atoms with Gasteiger partial charge in [-0.25, -0.2) is 14.8 Å². The van der Waals surface area contributed by atoms with E-state index in [9.17, 15) is 4.79 Å². The molecule has 0 radical (unpaired) electrons. The molecule has 0 unspecified atom stereocenters. The maximum Gasteiger partial charge on any atom is 0.357 e. The van der Waals surface area contributed by atoms with Crippen LogP contribution in [0, 0.1) is 0 Å². The van der Waals surface area contributed by atoms with Crippen LogP contribution < -0.4 is 10.1 Å². The van der Waals surface area contributed by atoms with E-state index < -0.39 is 5.97 Å². The van der Waals surface area contributed by atoms with Gasteiger partial charge in [-0.15, -0.1) is 5.06 Å². The number of aromatic nitrogens is 2. The number of benzene rings is 2. The lowest BCUT2D eigenvalue weighted by Crippen LogP contribution is -2.19. The molecule has 0 aliphatic carbocycles. The minimum Gasteiger partial charge on any atom is -0.496 e. The van der Waals surface area contributed by atoms with Crippen LogP contribution in [0.4, 0.5) is 11.7 Å². The molecule has 31 heavy (non-hydrogen) atoms. The Labute approximate surface area is 178 Å². The highest BCUT2D eigenvalue weighted by molar-refractivity contribution is 5.96. The van der Waals surface area contributed by atoms with Gasteiger partial charge in [-0.2, -0.15) is 0 Å². The number of nitrogens with zero attached hydrogens (tertiary/aromatic N) is 3. The standard InChI is InChI=1S/C22H20N4O5/c1-26(2)31-21(27)16-7-5-4-6-15(16)20-12-24-22(30-20)25-14-8-9-17(18(10-14)28-3)19-11-23-13-29-19/h4-13H,1-3H3,(H,24,25). The van der Waals surface area contributed by atoms with Gasteiger partial charge in [-0.05, 0) is 18.2 Å². The lowest BCUT2D eigenvalue weighted by atomic mass is 10.1. The molecule has 2 aromatic carbocycles. The zero-order valence-corrected chi connectivity index (χ0v) is 17.2. The second-order valence-corrected chi connectivity index (χ2v) is 6.67. The third kappa shape index (κ3) is 4.41. The van der Waals surface area contributed by atoms with Crippen molar-refractivity contribution >= 4 is 17.7 Å². The molecule has 0 saturated carbocycles. The zero-order chi connectivity index (χ0) is 21.8. The van der Waals surface area contributed by atoms with E-state index in [1.807, 2.05) is 18.2 Å². The van der Waals surface area contributed by atoms with E-state index in [-0.39, 0.29) is 6.01 Å². The summed E-state index contributed by atoms with van der Waals surface area (Å²) in [6.45, 7) is 0. The second kappa shape index (κ2) is 8.72. The van der Waals surface area contributed by atoms with E-state index in [2.05, 4.69) is 15.3 Å². The molecule has 9 heteroatoms. The normalized spacial score (nSPS) is 10.8. The maximum atomic E-state index is 12.4. The molecule has 158 valence electrons. The third-order valence-electron chi connectivity index (χ3n) is 4.33. The van der Waals surface area contributed by atoms with Crippen LogP contribution in [0.2, 0.25) is 0 Å². The quantitative estimate of drug-likeness (QED) is 0.436. The van der Waals surface area contributed by atoms with Crippen molar-refractivity contribution in [2.24, 2.45) is 0 Å². The summed E-state index contributed by atoms with van der Waals surface area (Å²) in [6.07, 6.45) is 4.52. The fourth-order valence-corrected chi connectivity index (χ4v) is 2.99. The minimum absolute atomic E-state index is 0.264. The molecule has 0 aliphatic heterocycles. The molecule has 2 aromatic heterocycles. The van der Waals surface area contributed by atoms with Crippen LogP contribution >= 0.6 is 0 Å². The van der Waals surface area contributed by atoms with Gasteiger partial charge in [0.1, 0.15) is 5.75 Å². The van der Waals surface area contributed by atoms with E-state index in [1.54, 1.807) is 57.9 Å². The van der Waals surface area contributed by atoms with Crippen molar-refractivity contribution in [2.75, 3.05) is 26.5 Å². The molecule has 0 spiro atoms. The van der Waals surface area contributed by atoms with Crippen LogP contribution in [0.25, 0.3) is 22.6 Å². The van der Waals surface area contributed by atoms with Crippen molar-refractivity contribution in [1.29, 1.82) is 0 Å². The van der Waals surface area contributed by atoms with E-state index in [1.165, 1.54) is 11.5 Å². The van der Waals surface area contributed by atoms with Gasteiger partial charge in [-0.1, -0.05) is 18.2 Å². The van der Waals surface area contributed by atoms with Crippen molar-refractivity contribution in [3.63, 3.8) is 0 Å². The van der Waals surface area contributed by atoms with Crippen LogP contribution in [-0.4, -0.2) is 42.2 Å². The lowest BCUT2D eigenvalue weighted by Gasteiger charge is -2.11. The lowest BCUT2D eigenvalue weighted by molar-refractivity contribution is -0.0712. The predicted molar refractivity (Wildman–Crippen MR) is 113 cm³/mol. The number of carbonyl (C=O) groups excluding carboxylic acids is 1. The number of hydrogen-bond donors (Lipinski definition) is 1. The van der Waals surface area contributed by atoms with Gasteiger partial charge >= 0.3 is 5.97 Å². The van der Waals surface area contributed by atoms with Crippen molar-refractivity contribution in [1.82, 2.24) is 15.0 Å². The first-order valence-corrected chi connectivity index (χ1v) is 9.34. The smallest absolute Gasteiger partial charge is 0.357 e. The second-order valence-electron chi connectivity index (χ2n) is 6.67. The third-order valence-corrected chi connectivity index (χ3v) is 4.33. The van der Waals surface area contributed by atoms with Crippen LogP contribution in [0.3, 0.4) is 0 Å². The summed E-state index contributed by atoms with van der Waals surface area (Å²) in [5, 5.41) is 4.43. The Morgan fingerprint density at radius 2 is 1.90 bits per heavy atom. The molecule has 9 nitrogen and oxygen atoms in total. The van der Waals surface area contributed by atoms with Crippen LogP contribution in [0.1, 0.15) is 10.4 Å². The van der Waals surface area contributed by atoms with E-state index in [4.69, 9.17) is 18.4 Å². The zero-order valence-electron chi connectivity index (χ0n) is 17.2. The summed E-state index contributed by atoms with van der Waals surface area (Å²) in [5.41, 5.74) is 2.42.